The van der Waals surface area contributed by atoms with Crippen LogP contribution in [0.5, 0.6) is 0 Å². The Morgan fingerprint density at radius 1 is 1.33 bits per heavy atom. The lowest BCUT2D eigenvalue weighted by atomic mass is 9.88. The van der Waals surface area contributed by atoms with Crippen molar-refractivity contribution < 1.29 is 4.42 Å². The number of rotatable bonds is 7. The number of furan rings is 1. The molecule has 1 heterocycles. The van der Waals surface area contributed by atoms with Crippen molar-refractivity contribution in [1.82, 2.24) is 10.2 Å². The Hall–Kier alpha value is -0.800. The number of hydrogen-bond acceptors (Lipinski definition) is 3. The second-order valence-corrected chi connectivity index (χ2v) is 7.54. The molecule has 0 radical (unpaired) electrons. The molecule has 0 aliphatic heterocycles. The zero-order chi connectivity index (χ0) is 14.8. The van der Waals surface area contributed by atoms with E-state index in [2.05, 4.69) is 37.2 Å². The quantitative estimate of drug-likeness (QED) is 0.831. The fourth-order valence-electron chi connectivity index (χ4n) is 4.32. The zero-order valence-corrected chi connectivity index (χ0v) is 13.8. The number of nitrogens with zero attached hydrogens (tertiary/aromatic N) is 1. The summed E-state index contributed by atoms with van der Waals surface area (Å²) in [5.74, 6) is 4.11. The summed E-state index contributed by atoms with van der Waals surface area (Å²) in [6.07, 6.45) is 7.80. The summed E-state index contributed by atoms with van der Waals surface area (Å²) in [6, 6.07) is 2.63. The van der Waals surface area contributed by atoms with Gasteiger partial charge in [0.25, 0.3) is 0 Å². The van der Waals surface area contributed by atoms with E-state index in [1.165, 1.54) is 37.8 Å². The molecule has 3 atom stereocenters. The molecular weight excluding hydrogens is 260 g/mol. The van der Waals surface area contributed by atoms with Gasteiger partial charge in [0, 0.05) is 24.7 Å². The summed E-state index contributed by atoms with van der Waals surface area (Å²) in [6.45, 7) is 7.44. The molecule has 1 N–H and O–H groups in total. The molecule has 3 heteroatoms. The number of hydrogen-bond donors (Lipinski definition) is 1. The molecule has 0 spiro atoms. The highest BCUT2D eigenvalue weighted by Crippen LogP contribution is 2.48. The average Bonchev–Trinajstić information content (AvgIpc) is 3.12. The molecule has 0 saturated heterocycles. The Kier molecular flexibility index (Phi) is 4.70. The van der Waals surface area contributed by atoms with Crippen LogP contribution in [0.4, 0.5) is 0 Å². The molecule has 2 aliphatic rings. The summed E-state index contributed by atoms with van der Waals surface area (Å²) in [5.41, 5.74) is 1.34. The maximum absolute atomic E-state index is 5.65. The van der Waals surface area contributed by atoms with Gasteiger partial charge in [0.2, 0.25) is 0 Å². The maximum atomic E-state index is 5.65. The van der Waals surface area contributed by atoms with Gasteiger partial charge in [-0.05, 0) is 50.1 Å². The highest BCUT2D eigenvalue weighted by molar-refractivity contribution is 5.17. The topological polar surface area (TPSA) is 28.4 Å². The van der Waals surface area contributed by atoms with E-state index in [0.29, 0.717) is 6.04 Å². The highest BCUT2D eigenvalue weighted by atomic mass is 16.3. The second kappa shape index (κ2) is 6.53. The number of nitrogens with one attached hydrogen (secondary N) is 1. The molecule has 2 bridgehead atoms. The van der Waals surface area contributed by atoms with Gasteiger partial charge in [-0.1, -0.05) is 20.3 Å². The highest BCUT2D eigenvalue weighted by Gasteiger charge is 2.39. The van der Waals surface area contributed by atoms with E-state index < -0.39 is 0 Å². The Labute approximate surface area is 129 Å². The van der Waals surface area contributed by atoms with Crippen molar-refractivity contribution in [3.05, 3.63) is 23.7 Å². The Bertz CT molecular complexity index is 454. The Morgan fingerprint density at radius 3 is 2.86 bits per heavy atom. The molecule has 0 aromatic carbocycles. The number of fused-ring (bicyclic) bond motifs is 2. The molecule has 3 nitrogen and oxygen atoms in total. The van der Waals surface area contributed by atoms with E-state index in [1.807, 2.05) is 6.26 Å². The summed E-state index contributed by atoms with van der Waals surface area (Å²) in [5, 5.41) is 3.44. The summed E-state index contributed by atoms with van der Waals surface area (Å²) in [4.78, 5) is 2.50. The van der Waals surface area contributed by atoms with E-state index >= 15 is 0 Å². The molecule has 2 aliphatic carbocycles. The van der Waals surface area contributed by atoms with Gasteiger partial charge in [-0.2, -0.15) is 0 Å². The van der Waals surface area contributed by atoms with Crippen LogP contribution in [-0.4, -0.2) is 24.5 Å². The lowest BCUT2D eigenvalue weighted by molar-refractivity contribution is 0.213. The van der Waals surface area contributed by atoms with Gasteiger partial charge >= 0.3 is 0 Å². The fourth-order valence-corrected chi connectivity index (χ4v) is 4.32. The molecular formula is C18H30N2O. The summed E-state index contributed by atoms with van der Waals surface area (Å²) >= 11 is 0. The normalized spacial score (nSPS) is 28.1. The lowest BCUT2D eigenvalue weighted by Gasteiger charge is -2.27. The van der Waals surface area contributed by atoms with E-state index in [0.717, 1.165) is 36.6 Å². The molecule has 2 fully saturated rings. The minimum atomic E-state index is 0.495. The third-order valence-electron chi connectivity index (χ3n) is 5.38. The molecule has 21 heavy (non-hydrogen) atoms. The Morgan fingerprint density at radius 2 is 2.19 bits per heavy atom. The first-order valence-corrected chi connectivity index (χ1v) is 8.59. The standard InChI is InChI=1S/C18H30N2O/c1-13(2)19-10-18-16(6-7-21-18)11-20(3)12-17-9-14-4-5-15(17)8-14/h6-7,13-15,17,19H,4-5,8-12H2,1-3H3. The Balaban J connectivity index is 1.50. The van der Waals surface area contributed by atoms with Crippen molar-refractivity contribution >= 4 is 0 Å². The van der Waals surface area contributed by atoms with Crippen LogP contribution in [0.15, 0.2) is 16.7 Å². The van der Waals surface area contributed by atoms with Gasteiger partial charge in [0.15, 0.2) is 0 Å². The third-order valence-corrected chi connectivity index (χ3v) is 5.38. The molecule has 3 unspecified atom stereocenters. The molecule has 1 aromatic rings. The second-order valence-electron chi connectivity index (χ2n) is 7.54. The predicted octanol–water partition coefficient (Wildman–Crippen LogP) is 3.65. The van der Waals surface area contributed by atoms with Crippen molar-refractivity contribution in [3.8, 4) is 0 Å². The predicted molar refractivity (Wildman–Crippen MR) is 86.0 cm³/mol. The van der Waals surface area contributed by atoms with E-state index in [1.54, 1.807) is 0 Å². The van der Waals surface area contributed by atoms with E-state index in [9.17, 15) is 0 Å². The van der Waals surface area contributed by atoms with E-state index in [-0.39, 0.29) is 0 Å². The van der Waals surface area contributed by atoms with Crippen LogP contribution in [-0.2, 0) is 13.1 Å². The lowest BCUT2D eigenvalue weighted by Crippen LogP contribution is -2.29. The average molecular weight is 290 g/mol. The van der Waals surface area contributed by atoms with Gasteiger partial charge in [-0.3, -0.25) is 0 Å². The van der Waals surface area contributed by atoms with Gasteiger partial charge < -0.3 is 14.6 Å². The first-order valence-electron chi connectivity index (χ1n) is 8.59. The van der Waals surface area contributed by atoms with Gasteiger partial charge in [-0.25, -0.2) is 0 Å². The minimum Gasteiger partial charge on any atom is -0.468 e. The molecule has 118 valence electrons. The monoisotopic (exact) mass is 290 g/mol. The molecule has 3 rings (SSSR count). The van der Waals surface area contributed by atoms with Crippen LogP contribution >= 0.6 is 0 Å². The third kappa shape index (κ3) is 3.70. The van der Waals surface area contributed by atoms with Crippen LogP contribution in [0.2, 0.25) is 0 Å². The van der Waals surface area contributed by atoms with Crippen LogP contribution in [0, 0.1) is 17.8 Å². The van der Waals surface area contributed by atoms with Crippen LogP contribution in [0.25, 0.3) is 0 Å². The van der Waals surface area contributed by atoms with Gasteiger partial charge in [-0.15, -0.1) is 0 Å². The van der Waals surface area contributed by atoms with Crippen molar-refractivity contribution in [2.45, 2.75) is 58.7 Å². The molecule has 0 amide bonds. The first-order chi connectivity index (χ1) is 10.1. The minimum absolute atomic E-state index is 0.495. The van der Waals surface area contributed by atoms with Crippen LogP contribution in [0.1, 0.15) is 50.9 Å². The van der Waals surface area contributed by atoms with Crippen molar-refractivity contribution in [2.24, 2.45) is 17.8 Å². The van der Waals surface area contributed by atoms with Crippen LogP contribution in [0.3, 0.4) is 0 Å². The van der Waals surface area contributed by atoms with Crippen LogP contribution < -0.4 is 5.32 Å². The van der Waals surface area contributed by atoms with Crippen molar-refractivity contribution in [2.75, 3.05) is 13.6 Å². The molecule has 2 saturated carbocycles. The first kappa shape index (κ1) is 15.1. The molecule has 1 aromatic heterocycles. The zero-order valence-electron chi connectivity index (χ0n) is 13.8. The maximum Gasteiger partial charge on any atom is 0.122 e. The smallest absolute Gasteiger partial charge is 0.122 e. The SMILES string of the molecule is CC(C)NCc1occc1CN(C)CC1CC2CCC1C2. The van der Waals surface area contributed by atoms with Crippen molar-refractivity contribution in [1.29, 1.82) is 0 Å². The summed E-state index contributed by atoms with van der Waals surface area (Å²) in [7, 11) is 2.26. The largest absolute Gasteiger partial charge is 0.468 e. The van der Waals surface area contributed by atoms with Gasteiger partial charge in [0.1, 0.15) is 5.76 Å². The summed E-state index contributed by atoms with van der Waals surface area (Å²) < 4.78 is 5.65. The fraction of sp³-hybridized carbons (Fsp3) is 0.778. The van der Waals surface area contributed by atoms with E-state index in [4.69, 9.17) is 4.42 Å². The van der Waals surface area contributed by atoms with Gasteiger partial charge in [0.05, 0.1) is 12.8 Å². The van der Waals surface area contributed by atoms with Crippen molar-refractivity contribution in [3.63, 3.8) is 0 Å².